The van der Waals surface area contributed by atoms with Crippen LogP contribution in [0.4, 0.5) is 8.78 Å². The van der Waals surface area contributed by atoms with Crippen molar-refractivity contribution in [3.8, 4) is 5.69 Å². The van der Waals surface area contributed by atoms with Gasteiger partial charge in [0.1, 0.15) is 11.6 Å². The zero-order chi connectivity index (χ0) is 20.2. The summed E-state index contributed by atoms with van der Waals surface area (Å²) in [6, 6.07) is 12.1. The lowest BCUT2D eigenvalue weighted by molar-refractivity contribution is 0.0843. The Hall–Kier alpha value is -3.08. The predicted octanol–water partition coefficient (Wildman–Crippen LogP) is 5.39. The van der Waals surface area contributed by atoms with Gasteiger partial charge in [-0.05, 0) is 79.4 Å². The van der Waals surface area contributed by atoms with Gasteiger partial charge in [0.15, 0.2) is 5.78 Å². The average molecular weight is 390 g/mol. The lowest BCUT2D eigenvalue weighted by Crippen LogP contribution is -2.33. The van der Waals surface area contributed by atoms with Crippen molar-refractivity contribution in [2.24, 2.45) is 11.3 Å². The van der Waals surface area contributed by atoms with Crippen molar-refractivity contribution < 1.29 is 13.6 Å². The van der Waals surface area contributed by atoms with E-state index >= 15 is 0 Å². The second kappa shape index (κ2) is 6.48. The van der Waals surface area contributed by atoms with Crippen LogP contribution in [-0.4, -0.2) is 15.6 Å². The Bertz CT molecular complexity index is 1130. The lowest BCUT2D eigenvalue weighted by atomic mass is 9.68. The molecular weight excluding hydrogens is 370 g/mol. The first-order chi connectivity index (χ1) is 14.0. The summed E-state index contributed by atoms with van der Waals surface area (Å²) in [4.78, 5) is 13.2. The number of ketones is 1. The molecule has 2 aliphatic carbocycles. The first-order valence-corrected chi connectivity index (χ1v) is 9.79. The first-order valence-electron chi connectivity index (χ1n) is 9.79. The van der Waals surface area contributed by atoms with Gasteiger partial charge in [-0.2, -0.15) is 5.10 Å². The zero-order valence-corrected chi connectivity index (χ0v) is 16.0. The molecule has 0 spiro atoms. The maximum atomic E-state index is 13.3. The van der Waals surface area contributed by atoms with Gasteiger partial charge < -0.3 is 0 Å². The molecule has 1 aromatic heterocycles. The van der Waals surface area contributed by atoms with Gasteiger partial charge in [-0.3, -0.25) is 4.79 Å². The quantitative estimate of drug-likeness (QED) is 0.562. The van der Waals surface area contributed by atoms with E-state index in [-0.39, 0.29) is 28.8 Å². The summed E-state index contributed by atoms with van der Waals surface area (Å²) in [5.41, 5.74) is 4.43. The molecule has 1 heterocycles. The summed E-state index contributed by atoms with van der Waals surface area (Å²) in [6.07, 6.45) is 6.35. The fourth-order valence-electron chi connectivity index (χ4n) is 4.87. The standard InChI is InChI=1S/C24H20F2N2O/c1-24-13-16-14-27-28(20-9-7-19(26)8-10-20)22(16)12-17(24)4-11-21(24)23(29)15-2-5-18(25)6-3-15/h2-3,5-10,12,14,21H,4,11,13H2,1H3/t21-,24+/m1/s1. The highest BCUT2D eigenvalue weighted by Gasteiger charge is 2.48. The molecule has 5 heteroatoms. The number of nitrogens with zero attached hydrogens (tertiary/aromatic N) is 2. The highest BCUT2D eigenvalue weighted by molar-refractivity contribution is 5.99. The van der Waals surface area contributed by atoms with Gasteiger partial charge in [-0.15, -0.1) is 0 Å². The van der Waals surface area contributed by atoms with Crippen LogP contribution in [0.2, 0.25) is 0 Å². The fourth-order valence-corrected chi connectivity index (χ4v) is 4.87. The molecule has 146 valence electrons. The molecule has 3 nitrogen and oxygen atoms in total. The molecule has 0 saturated heterocycles. The van der Waals surface area contributed by atoms with Gasteiger partial charge in [-0.25, -0.2) is 13.5 Å². The van der Waals surface area contributed by atoms with E-state index in [0.29, 0.717) is 5.56 Å². The molecule has 0 N–H and O–H groups in total. The van der Waals surface area contributed by atoms with Crippen molar-refractivity contribution in [2.75, 3.05) is 0 Å². The number of aromatic nitrogens is 2. The number of hydrogen-bond acceptors (Lipinski definition) is 2. The molecule has 2 aliphatic rings. The van der Waals surface area contributed by atoms with Crippen LogP contribution in [-0.2, 0) is 6.42 Å². The minimum Gasteiger partial charge on any atom is -0.294 e. The minimum absolute atomic E-state index is 0.0743. The van der Waals surface area contributed by atoms with Crippen molar-refractivity contribution in [2.45, 2.75) is 26.2 Å². The first kappa shape index (κ1) is 18.0. The van der Waals surface area contributed by atoms with Crippen LogP contribution in [0, 0.1) is 23.0 Å². The second-order valence-corrected chi connectivity index (χ2v) is 8.17. The summed E-state index contributed by atoms with van der Waals surface area (Å²) in [5, 5.41) is 4.52. The highest BCUT2D eigenvalue weighted by atomic mass is 19.1. The number of carbonyl (C=O) groups is 1. The summed E-state index contributed by atoms with van der Waals surface area (Å²) in [6.45, 7) is 2.15. The number of hydrogen-bond donors (Lipinski definition) is 0. The number of allylic oxidation sites excluding steroid dienone is 1. The predicted molar refractivity (Wildman–Crippen MR) is 107 cm³/mol. The van der Waals surface area contributed by atoms with Crippen molar-refractivity contribution in [1.82, 2.24) is 9.78 Å². The molecule has 2 aromatic carbocycles. The fraction of sp³-hybridized carbons (Fsp3) is 0.250. The smallest absolute Gasteiger partial charge is 0.166 e. The summed E-state index contributed by atoms with van der Waals surface area (Å²) in [5.74, 6) is -0.680. The van der Waals surface area contributed by atoms with Gasteiger partial charge in [-0.1, -0.05) is 12.5 Å². The Labute approximate surface area is 167 Å². The SMILES string of the molecule is C[C@]12Cc3cnn(-c4ccc(F)cc4)c3C=C1CC[C@@H]2C(=O)c1ccc(F)cc1. The minimum atomic E-state index is -0.338. The number of rotatable bonds is 3. The van der Waals surface area contributed by atoms with Gasteiger partial charge in [0.05, 0.1) is 17.6 Å². The molecule has 0 bridgehead atoms. The molecule has 0 unspecified atom stereocenters. The molecule has 0 radical (unpaired) electrons. The maximum Gasteiger partial charge on any atom is 0.166 e. The van der Waals surface area contributed by atoms with E-state index in [1.807, 2.05) is 10.9 Å². The van der Waals surface area contributed by atoms with Crippen LogP contribution < -0.4 is 0 Å². The number of Topliss-reactive ketones (excluding diaryl/α,β-unsaturated/α-hetero) is 1. The number of carbonyl (C=O) groups excluding carboxylic acids is 1. The molecule has 3 aromatic rings. The Morgan fingerprint density at radius 2 is 1.72 bits per heavy atom. The third kappa shape index (κ3) is 2.84. The summed E-state index contributed by atoms with van der Waals surface area (Å²) >= 11 is 0. The maximum absolute atomic E-state index is 13.3. The van der Waals surface area contributed by atoms with Gasteiger partial charge in [0.25, 0.3) is 0 Å². The summed E-state index contributed by atoms with van der Waals surface area (Å²) < 4.78 is 28.4. The number of benzene rings is 2. The van der Waals surface area contributed by atoms with E-state index in [0.717, 1.165) is 36.2 Å². The molecule has 5 rings (SSSR count). The van der Waals surface area contributed by atoms with Crippen LogP contribution in [0.3, 0.4) is 0 Å². The van der Waals surface area contributed by atoms with Gasteiger partial charge in [0.2, 0.25) is 0 Å². The molecule has 0 amide bonds. The largest absolute Gasteiger partial charge is 0.294 e. The Morgan fingerprint density at radius 3 is 2.41 bits per heavy atom. The molecule has 1 saturated carbocycles. The van der Waals surface area contributed by atoms with E-state index in [1.54, 1.807) is 24.3 Å². The van der Waals surface area contributed by atoms with Crippen LogP contribution >= 0.6 is 0 Å². The Morgan fingerprint density at radius 1 is 1.07 bits per heavy atom. The van der Waals surface area contributed by atoms with Crippen molar-refractivity contribution in [3.05, 3.63) is 88.8 Å². The topological polar surface area (TPSA) is 34.9 Å². The van der Waals surface area contributed by atoms with Crippen molar-refractivity contribution in [1.29, 1.82) is 0 Å². The Kier molecular flexibility index (Phi) is 4.02. The lowest BCUT2D eigenvalue weighted by Gasteiger charge is -2.35. The third-order valence-electron chi connectivity index (χ3n) is 6.48. The monoisotopic (exact) mass is 390 g/mol. The van der Waals surface area contributed by atoms with Crippen LogP contribution in [0.1, 0.15) is 41.4 Å². The van der Waals surface area contributed by atoms with E-state index in [1.165, 1.54) is 29.8 Å². The normalized spacial score (nSPS) is 22.7. The van der Waals surface area contributed by atoms with Crippen LogP contribution in [0.5, 0.6) is 0 Å². The van der Waals surface area contributed by atoms with E-state index in [2.05, 4.69) is 18.1 Å². The number of fused-ring (bicyclic) bond motifs is 2. The van der Waals surface area contributed by atoms with Gasteiger partial charge >= 0.3 is 0 Å². The van der Waals surface area contributed by atoms with Crippen molar-refractivity contribution in [3.63, 3.8) is 0 Å². The second-order valence-electron chi connectivity index (χ2n) is 8.17. The molecule has 1 fully saturated rings. The van der Waals surface area contributed by atoms with E-state index < -0.39 is 0 Å². The third-order valence-corrected chi connectivity index (χ3v) is 6.48. The summed E-state index contributed by atoms with van der Waals surface area (Å²) in [7, 11) is 0. The van der Waals surface area contributed by atoms with Crippen LogP contribution in [0.25, 0.3) is 11.8 Å². The molecule has 0 aliphatic heterocycles. The Balaban J connectivity index is 1.50. The molecule has 29 heavy (non-hydrogen) atoms. The van der Waals surface area contributed by atoms with Crippen molar-refractivity contribution >= 4 is 11.9 Å². The highest BCUT2D eigenvalue weighted by Crippen LogP contribution is 2.54. The number of halogens is 2. The molecular formula is C24H20F2N2O. The average Bonchev–Trinajstić information content (AvgIpc) is 3.26. The van der Waals surface area contributed by atoms with Gasteiger partial charge in [0, 0.05) is 16.9 Å². The van der Waals surface area contributed by atoms with E-state index in [9.17, 15) is 13.6 Å². The van der Waals surface area contributed by atoms with Crippen LogP contribution in [0.15, 0.2) is 60.3 Å². The van der Waals surface area contributed by atoms with E-state index in [4.69, 9.17) is 0 Å². The molecule has 2 atom stereocenters. The zero-order valence-electron chi connectivity index (χ0n) is 16.0.